The van der Waals surface area contributed by atoms with Crippen molar-refractivity contribution >= 4 is 5.97 Å². The Morgan fingerprint density at radius 2 is 2.06 bits per heavy atom. The summed E-state index contributed by atoms with van der Waals surface area (Å²) in [4.78, 5) is 11.3. The second kappa shape index (κ2) is 5.10. The molecular formula is C13H17FO2. The van der Waals surface area contributed by atoms with Crippen LogP contribution in [0.2, 0.25) is 0 Å². The Bertz CT molecular complexity index is 376. The molecule has 0 aliphatic rings. The lowest BCUT2D eigenvalue weighted by Crippen LogP contribution is -2.33. The summed E-state index contributed by atoms with van der Waals surface area (Å²) in [5.41, 5.74) is -0.850. The number of hydrogen-bond acceptors (Lipinski definition) is 1. The zero-order chi connectivity index (χ0) is 12.2. The molecule has 0 aromatic heterocycles. The summed E-state index contributed by atoms with van der Waals surface area (Å²) in [7, 11) is 0. The highest BCUT2D eigenvalue weighted by molar-refractivity contribution is 5.80. The highest BCUT2D eigenvalue weighted by Gasteiger charge is 2.36. The van der Waals surface area contributed by atoms with Crippen LogP contribution < -0.4 is 0 Å². The summed E-state index contributed by atoms with van der Waals surface area (Å²) >= 11 is 0. The van der Waals surface area contributed by atoms with E-state index in [4.69, 9.17) is 0 Å². The van der Waals surface area contributed by atoms with Gasteiger partial charge < -0.3 is 5.11 Å². The molecule has 1 atom stereocenters. The van der Waals surface area contributed by atoms with Gasteiger partial charge >= 0.3 is 5.97 Å². The van der Waals surface area contributed by atoms with Crippen molar-refractivity contribution in [3.05, 3.63) is 35.6 Å². The first-order chi connectivity index (χ1) is 7.52. The zero-order valence-electron chi connectivity index (χ0n) is 9.66. The van der Waals surface area contributed by atoms with Gasteiger partial charge in [0.2, 0.25) is 0 Å². The quantitative estimate of drug-likeness (QED) is 0.832. The van der Waals surface area contributed by atoms with Crippen molar-refractivity contribution in [1.29, 1.82) is 0 Å². The Kier molecular flexibility index (Phi) is 4.05. The molecule has 0 radical (unpaired) electrons. The average molecular weight is 224 g/mol. The van der Waals surface area contributed by atoms with E-state index in [0.717, 1.165) is 12.8 Å². The highest BCUT2D eigenvalue weighted by Crippen LogP contribution is 2.31. The van der Waals surface area contributed by atoms with Crippen LogP contribution in [0.4, 0.5) is 4.39 Å². The van der Waals surface area contributed by atoms with E-state index >= 15 is 0 Å². The fourth-order valence-corrected chi connectivity index (χ4v) is 1.80. The Hall–Kier alpha value is -1.38. The number of carboxylic acid groups (broad SMARTS) is 1. The maximum Gasteiger partial charge on any atom is 0.313 e. The number of aliphatic carboxylic acids is 1. The van der Waals surface area contributed by atoms with Gasteiger partial charge in [0.1, 0.15) is 5.82 Å². The van der Waals surface area contributed by atoms with Crippen molar-refractivity contribution in [2.45, 2.75) is 38.5 Å². The van der Waals surface area contributed by atoms with Crippen LogP contribution in [-0.4, -0.2) is 11.1 Å². The van der Waals surface area contributed by atoms with Gasteiger partial charge in [0.05, 0.1) is 5.41 Å². The number of hydrogen-bond donors (Lipinski definition) is 1. The Morgan fingerprint density at radius 3 is 2.56 bits per heavy atom. The van der Waals surface area contributed by atoms with Crippen LogP contribution in [0.15, 0.2) is 24.3 Å². The first-order valence-electron chi connectivity index (χ1n) is 5.50. The van der Waals surface area contributed by atoms with E-state index in [1.807, 2.05) is 6.92 Å². The van der Waals surface area contributed by atoms with E-state index in [2.05, 4.69) is 0 Å². The zero-order valence-corrected chi connectivity index (χ0v) is 9.66. The largest absolute Gasteiger partial charge is 0.481 e. The minimum atomic E-state index is -1.12. The second-order valence-electron chi connectivity index (χ2n) is 4.22. The van der Waals surface area contributed by atoms with Crippen molar-refractivity contribution in [1.82, 2.24) is 0 Å². The number of halogens is 1. The predicted molar refractivity (Wildman–Crippen MR) is 60.9 cm³/mol. The lowest BCUT2D eigenvalue weighted by molar-refractivity contribution is -0.143. The van der Waals surface area contributed by atoms with Crippen molar-refractivity contribution in [3.8, 4) is 0 Å². The van der Waals surface area contributed by atoms with E-state index in [9.17, 15) is 14.3 Å². The SMILES string of the molecule is CCCCC(C)(C(=O)O)c1ccccc1F. The summed E-state index contributed by atoms with van der Waals surface area (Å²) < 4.78 is 13.6. The smallest absolute Gasteiger partial charge is 0.313 e. The van der Waals surface area contributed by atoms with Gasteiger partial charge in [0.25, 0.3) is 0 Å². The van der Waals surface area contributed by atoms with Gasteiger partial charge in [-0.25, -0.2) is 4.39 Å². The molecule has 0 saturated heterocycles. The van der Waals surface area contributed by atoms with E-state index < -0.39 is 17.2 Å². The summed E-state index contributed by atoms with van der Waals surface area (Å²) in [6.07, 6.45) is 2.13. The molecule has 1 N–H and O–H groups in total. The molecule has 0 aliphatic carbocycles. The monoisotopic (exact) mass is 224 g/mol. The Morgan fingerprint density at radius 1 is 1.44 bits per heavy atom. The highest BCUT2D eigenvalue weighted by atomic mass is 19.1. The molecule has 1 rings (SSSR count). The standard InChI is InChI=1S/C13H17FO2/c1-3-4-9-13(2,12(15)16)10-7-5-6-8-11(10)14/h5-8H,3-4,9H2,1-2H3,(H,15,16). The van der Waals surface area contributed by atoms with Crippen LogP contribution in [0, 0.1) is 5.82 Å². The van der Waals surface area contributed by atoms with Gasteiger partial charge in [-0.2, -0.15) is 0 Å². The lowest BCUT2D eigenvalue weighted by Gasteiger charge is -2.25. The molecule has 0 spiro atoms. The molecule has 0 bridgehead atoms. The van der Waals surface area contributed by atoms with Crippen LogP contribution in [0.3, 0.4) is 0 Å². The Balaban J connectivity index is 3.11. The van der Waals surface area contributed by atoms with Gasteiger partial charge in [-0.05, 0) is 19.4 Å². The number of rotatable bonds is 5. The first kappa shape index (κ1) is 12.7. The molecule has 1 aromatic rings. The van der Waals surface area contributed by atoms with E-state index in [1.54, 1.807) is 25.1 Å². The number of benzene rings is 1. The van der Waals surface area contributed by atoms with Gasteiger partial charge in [-0.3, -0.25) is 4.79 Å². The number of unbranched alkanes of at least 4 members (excludes halogenated alkanes) is 1. The summed E-state index contributed by atoms with van der Waals surface area (Å²) in [6, 6.07) is 6.11. The molecule has 1 unspecified atom stereocenters. The summed E-state index contributed by atoms with van der Waals surface area (Å²) in [6.45, 7) is 3.58. The van der Waals surface area contributed by atoms with Gasteiger partial charge in [0.15, 0.2) is 0 Å². The topological polar surface area (TPSA) is 37.3 Å². The van der Waals surface area contributed by atoms with Crippen LogP contribution in [-0.2, 0) is 10.2 Å². The van der Waals surface area contributed by atoms with Gasteiger partial charge in [-0.1, -0.05) is 38.0 Å². The first-order valence-corrected chi connectivity index (χ1v) is 5.50. The maximum atomic E-state index is 13.6. The second-order valence-corrected chi connectivity index (χ2v) is 4.22. The molecule has 0 aliphatic heterocycles. The Labute approximate surface area is 95.1 Å². The lowest BCUT2D eigenvalue weighted by atomic mass is 9.78. The van der Waals surface area contributed by atoms with Crippen molar-refractivity contribution in [3.63, 3.8) is 0 Å². The molecule has 88 valence electrons. The van der Waals surface area contributed by atoms with Gasteiger partial charge in [-0.15, -0.1) is 0 Å². The van der Waals surface area contributed by atoms with Gasteiger partial charge in [0, 0.05) is 5.56 Å². The molecule has 3 heteroatoms. The molecule has 0 saturated carbocycles. The summed E-state index contributed by atoms with van der Waals surface area (Å²) in [5, 5.41) is 9.27. The number of carbonyl (C=O) groups is 1. The van der Waals surface area contributed by atoms with Crippen molar-refractivity contribution < 1.29 is 14.3 Å². The van der Waals surface area contributed by atoms with Crippen molar-refractivity contribution in [2.75, 3.05) is 0 Å². The van der Waals surface area contributed by atoms with Crippen LogP contribution in [0.1, 0.15) is 38.7 Å². The van der Waals surface area contributed by atoms with Crippen LogP contribution >= 0.6 is 0 Å². The van der Waals surface area contributed by atoms with Crippen LogP contribution in [0.5, 0.6) is 0 Å². The maximum absolute atomic E-state index is 13.6. The van der Waals surface area contributed by atoms with Crippen LogP contribution in [0.25, 0.3) is 0 Å². The fraction of sp³-hybridized carbons (Fsp3) is 0.462. The molecular weight excluding hydrogens is 207 g/mol. The molecule has 16 heavy (non-hydrogen) atoms. The minimum Gasteiger partial charge on any atom is -0.481 e. The molecule has 0 heterocycles. The third-order valence-electron chi connectivity index (χ3n) is 2.97. The van der Waals surface area contributed by atoms with Crippen molar-refractivity contribution in [2.24, 2.45) is 0 Å². The van der Waals surface area contributed by atoms with E-state index in [0.29, 0.717) is 6.42 Å². The normalized spacial score (nSPS) is 14.4. The fourth-order valence-electron chi connectivity index (χ4n) is 1.80. The number of carboxylic acids is 1. The average Bonchev–Trinajstić information content (AvgIpc) is 2.26. The third-order valence-corrected chi connectivity index (χ3v) is 2.97. The third kappa shape index (κ3) is 2.40. The molecule has 0 fully saturated rings. The predicted octanol–water partition coefficient (Wildman–Crippen LogP) is 3.36. The summed E-state index contributed by atoms with van der Waals surface area (Å²) in [5.74, 6) is -1.41. The van der Waals surface area contributed by atoms with E-state index in [1.165, 1.54) is 6.07 Å². The molecule has 1 aromatic carbocycles. The molecule has 2 nitrogen and oxygen atoms in total. The van der Waals surface area contributed by atoms with E-state index in [-0.39, 0.29) is 5.56 Å². The minimum absolute atomic E-state index is 0.274. The molecule has 0 amide bonds.